The molecule has 0 aromatic rings. The van der Waals surface area contributed by atoms with Gasteiger partial charge >= 0.3 is 0 Å². The van der Waals surface area contributed by atoms with Gasteiger partial charge < -0.3 is 0 Å². The Hall–Kier alpha value is -0.260. The summed E-state index contributed by atoms with van der Waals surface area (Å²) in [6.45, 7) is 16.1. The highest BCUT2D eigenvalue weighted by Gasteiger charge is 2.17. The van der Waals surface area contributed by atoms with Crippen molar-refractivity contribution in [2.75, 3.05) is 0 Å². The molecule has 0 amide bonds. The van der Waals surface area contributed by atoms with Crippen LogP contribution in [0.2, 0.25) is 0 Å². The van der Waals surface area contributed by atoms with Gasteiger partial charge in [-0.05, 0) is 43.9 Å². The van der Waals surface area contributed by atoms with E-state index in [1.165, 1.54) is 12.0 Å². The molecule has 0 radical (unpaired) electrons. The number of rotatable bonds is 5. The monoisotopic (exact) mass is 196 g/mol. The van der Waals surface area contributed by atoms with Crippen LogP contribution in [-0.2, 0) is 0 Å². The number of hydrogen-bond acceptors (Lipinski definition) is 0. The maximum absolute atomic E-state index is 2.39. The van der Waals surface area contributed by atoms with Crippen molar-refractivity contribution in [3.05, 3.63) is 11.6 Å². The highest BCUT2D eigenvalue weighted by molar-refractivity contribution is 4.96. The molecule has 0 bridgehead atoms. The molecule has 0 spiro atoms. The van der Waals surface area contributed by atoms with Crippen LogP contribution in [0.25, 0.3) is 0 Å². The van der Waals surface area contributed by atoms with Crippen molar-refractivity contribution in [3.63, 3.8) is 0 Å². The van der Waals surface area contributed by atoms with Crippen LogP contribution in [0.3, 0.4) is 0 Å². The molecule has 0 N–H and O–H groups in total. The van der Waals surface area contributed by atoms with E-state index >= 15 is 0 Å². The summed E-state index contributed by atoms with van der Waals surface area (Å²) in [7, 11) is 0. The van der Waals surface area contributed by atoms with Gasteiger partial charge in [-0.15, -0.1) is 0 Å². The zero-order valence-electron chi connectivity index (χ0n) is 11.1. The smallest absolute Gasteiger partial charge is 0.0257 e. The van der Waals surface area contributed by atoms with Gasteiger partial charge in [0.2, 0.25) is 0 Å². The van der Waals surface area contributed by atoms with Crippen LogP contribution in [0.1, 0.15) is 54.9 Å². The molecule has 0 heteroatoms. The first-order valence-electron chi connectivity index (χ1n) is 5.99. The van der Waals surface area contributed by atoms with Crippen LogP contribution in [0, 0.1) is 23.7 Å². The summed E-state index contributed by atoms with van der Waals surface area (Å²) in [4.78, 5) is 0. The summed E-state index contributed by atoms with van der Waals surface area (Å²) in [5.41, 5.74) is 1.45. The minimum Gasteiger partial charge on any atom is -0.0830 e. The van der Waals surface area contributed by atoms with Crippen molar-refractivity contribution in [2.24, 2.45) is 23.7 Å². The normalized spacial score (nSPS) is 17.7. The Morgan fingerprint density at radius 2 is 1.50 bits per heavy atom. The van der Waals surface area contributed by atoms with Gasteiger partial charge in [0.25, 0.3) is 0 Å². The van der Waals surface area contributed by atoms with Crippen LogP contribution in [-0.4, -0.2) is 0 Å². The largest absolute Gasteiger partial charge is 0.0830 e. The van der Waals surface area contributed by atoms with Crippen molar-refractivity contribution in [1.29, 1.82) is 0 Å². The second kappa shape index (κ2) is 6.27. The predicted octanol–water partition coefficient (Wildman–Crippen LogP) is 4.91. The highest BCUT2D eigenvalue weighted by Crippen LogP contribution is 2.26. The van der Waals surface area contributed by atoms with E-state index < -0.39 is 0 Å². The van der Waals surface area contributed by atoms with Gasteiger partial charge in [0.1, 0.15) is 0 Å². The van der Waals surface area contributed by atoms with E-state index in [4.69, 9.17) is 0 Å². The number of allylic oxidation sites excluding steroid dienone is 2. The number of hydrogen-bond donors (Lipinski definition) is 0. The Balaban J connectivity index is 4.05. The van der Waals surface area contributed by atoms with Crippen molar-refractivity contribution < 1.29 is 0 Å². The van der Waals surface area contributed by atoms with Gasteiger partial charge in [-0.2, -0.15) is 0 Å². The Labute approximate surface area is 90.8 Å². The molecule has 0 rings (SSSR count). The fraction of sp³-hybridized carbons (Fsp3) is 0.857. The van der Waals surface area contributed by atoms with E-state index in [1.54, 1.807) is 0 Å². The first-order valence-corrected chi connectivity index (χ1v) is 5.99. The first-order chi connectivity index (χ1) is 6.34. The van der Waals surface area contributed by atoms with E-state index in [2.05, 4.69) is 54.5 Å². The Morgan fingerprint density at radius 1 is 1.00 bits per heavy atom. The molecule has 0 heterocycles. The van der Waals surface area contributed by atoms with Gasteiger partial charge in [-0.25, -0.2) is 0 Å². The van der Waals surface area contributed by atoms with E-state index in [1.807, 2.05) is 0 Å². The third-order valence-electron chi connectivity index (χ3n) is 3.31. The maximum Gasteiger partial charge on any atom is -0.0257 e. The molecule has 0 saturated carbocycles. The van der Waals surface area contributed by atoms with Gasteiger partial charge in [-0.3, -0.25) is 0 Å². The summed E-state index contributed by atoms with van der Waals surface area (Å²) >= 11 is 0. The standard InChI is InChI=1S/C14H28/c1-10(2)8-12(5)9-13(6)14(7)11(3)4/h8,11-14H,9H2,1-7H3. The summed E-state index contributed by atoms with van der Waals surface area (Å²) in [6.07, 6.45) is 3.72. The van der Waals surface area contributed by atoms with Gasteiger partial charge in [0.05, 0.1) is 0 Å². The molecule has 84 valence electrons. The first kappa shape index (κ1) is 13.7. The Morgan fingerprint density at radius 3 is 1.86 bits per heavy atom. The summed E-state index contributed by atoms with van der Waals surface area (Å²) in [5.74, 6) is 3.21. The third kappa shape index (κ3) is 5.47. The molecular formula is C14H28. The van der Waals surface area contributed by atoms with Gasteiger partial charge in [-0.1, -0.05) is 46.3 Å². The minimum atomic E-state index is 0.733. The predicted molar refractivity (Wildman–Crippen MR) is 66.4 cm³/mol. The SMILES string of the molecule is CC(C)=CC(C)CC(C)C(C)C(C)C. The lowest BCUT2D eigenvalue weighted by Gasteiger charge is -2.25. The van der Waals surface area contributed by atoms with Crippen LogP contribution in [0.5, 0.6) is 0 Å². The van der Waals surface area contributed by atoms with E-state index in [0.29, 0.717) is 0 Å². The maximum atomic E-state index is 2.39. The summed E-state index contributed by atoms with van der Waals surface area (Å²) in [6, 6.07) is 0. The lowest BCUT2D eigenvalue weighted by molar-refractivity contribution is 0.265. The average Bonchev–Trinajstić information content (AvgIpc) is 2.00. The average molecular weight is 196 g/mol. The van der Waals surface area contributed by atoms with Crippen molar-refractivity contribution in [2.45, 2.75) is 54.9 Å². The highest BCUT2D eigenvalue weighted by atomic mass is 14.2. The quantitative estimate of drug-likeness (QED) is 0.548. The van der Waals surface area contributed by atoms with E-state index in [-0.39, 0.29) is 0 Å². The molecule has 14 heavy (non-hydrogen) atoms. The second-order valence-electron chi connectivity index (χ2n) is 5.54. The molecule has 0 fully saturated rings. The topological polar surface area (TPSA) is 0 Å². The molecule has 0 saturated heterocycles. The van der Waals surface area contributed by atoms with Crippen molar-refractivity contribution >= 4 is 0 Å². The van der Waals surface area contributed by atoms with Crippen molar-refractivity contribution in [3.8, 4) is 0 Å². The van der Waals surface area contributed by atoms with Crippen molar-refractivity contribution in [1.82, 2.24) is 0 Å². The lowest BCUT2D eigenvalue weighted by Crippen LogP contribution is -2.16. The summed E-state index contributed by atoms with van der Waals surface area (Å²) < 4.78 is 0. The van der Waals surface area contributed by atoms with Crippen LogP contribution < -0.4 is 0 Å². The molecule has 3 atom stereocenters. The fourth-order valence-corrected chi connectivity index (χ4v) is 2.10. The fourth-order valence-electron chi connectivity index (χ4n) is 2.10. The van der Waals surface area contributed by atoms with Crippen LogP contribution in [0.15, 0.2) is 11.6 Å². The molecular weight excluding hydrogens is 168 g/mol. The van der Waals surface area contributed by atoms with E-state index in [0.717, 1.165) is 23.7 Å². The van der Waals surface area contributed by atoms with E-state index in [9.17, 15) is 0 Å². The zero-order valence-corrected chi connectivity index (χ0v) is 11.1. The lowest BCUT2D eigenvalue weighted by atomic mass is 9.81. The molecule has 0 aromatic carbocycles. The molecule has 0 aliphatic heterocycles. The van der Waals surface area contributed by atoms with Crippen LogP contribution >= 0.6 is 0 Å². The summed E-state index contributed by atoms with van der Waals surface area (Å²) in [5, 5.41) is 0. The Bertz CT molecular complexity index is 172. The molecule has 0 aliphatic carbocycles. The van der Waals surface area contributed by atoms with Crippen LogP contribution in [0.4, 0.5) is 0 Å². The zero-order chi connectivity index (χ0) is 11.3. The van der Waals surface area contributed by atoms with Gasteiger partial charge in [0.15, 0.2) is 0 Å². The molecule has 3 unspecified atom stereocenters. The second-order valence-corrected chi connectivity index (χ2v) is 5.54. The molecule has 0 nitrogen and oxygen atoms in total. The molecule has 0 aromatic heterocycles. The van der Waals surface area contributed by atoms with Gasteiger partial charge in [0, 0.05) is 0 Å². The molecule has 0 aliphatic rings. The Kier molecular flexibility index (Phi) is 6.15. The minimum absolute atomic E-state index is 0.733. The third-order valence-corrected chi connectivity index (χ3v) is 3.31.